The normalized spacial score (nSPS) is 41.1. The third-order valence-corrected chi connectivity index (χ3v) is 3.58. The number of rotatable bonds is 1. The molecule has 0 spiro atoms. The molecule has 0 aromatic carbocycles. The van der Waals surface area contributed by atoms with Gasteiger partial charge in [-0.3, -0.25) is 0 Å². The van der Waals surface area contributed by atoms with E-state index in [1.54, 1.807) is 0 Å². The van der Waals surface area contributed by atoms with E-state index in [0.29, 0.717) is 12.2 Å². The Labute approximate surface area is 87.6 Å². The summed E-state index contributed by atoms with van der Waals surface area (Å²) >= 11 is 0. The summed E-state index contributed by atoms with van der Waals surface area (Å²) in [5, 5.41) is 0. The molecule has 0 aliphatic carbocycles. The van der Waals surface area contributed by atoms with Gasteiger partial charge in [0.1, 0.15) is 0 Å². The van der Waals surface area contributed by atoms with Crippen LogP contribution in [-0.4, -0.2) is 36.2 Å². The lowest BCUT2D eigenvalue weighted by atomic mass is 9.96. The average Bonchev–Trinajstić information content (AvgIpc) is 2.18. The zero-order valence-electron chi connectivity index (χ0n) is 9.54. The van der Waals surface area contributed by atoms with E-state index in [2.05, 4.69) is 18.7 Å². The molecule has 2 saturated heterocycles. The molecule has 0 aromatic heterocycles. The molecule has 0 saturated carbocycles. The van der Waals surface area contributed by atoms with Crippen LogP contribution in [0.3, 0.4) is 0 Å². The molecule has 82 valence electrons. The number of likely N-dealkylation sites (tertiary alicyclic amines) is 1. The summed E-state index contributed by atoms with van der Waals surface area (Å²) in [5.74, 6) is 0. The highest BCUT2D eigenvalue weighted by Gasteiger charge is 2.29. The van der Waals surface area contributed by atoms with Gasteiger partial charge in [0.05, 0.1) is 12.2 Å². The lowest BCUT2D eigenvalue weighted by molar-refractivity contribution is -0.0676. The zero-order chi connectivity index (χ0) is 9.97. The second-order valence-corrected chi connectivity index (χ2v) is 4.98. The Morgan fingerprint density at radius 1 is 0.929 bits per heavy atom. The van der Waals surface area contributed by atoms with E-state index in [1.807, 2.05) is 0 Å². The molecule has 0 N–H and O–H groups in total. The first-order valence-electron chi connectivity index (χ1n) is 6.15. The molecule has 0 aromatic rings. The minimum atomic E-state index is 0.464. The summed E-state index contributed by atoms with van der Waals surface area (Å²) < 4.78 is 5.78. The molecule has 0 bridgehead atoms. The van der Waals surface area contributed by atoms with Gasteiger partial charge in [-0.2, -0.15) is 0 Å². The quantitative estimate of drug-likeness (QED) is 0.640. The maximum Gasteiger partial charge on any atom is 0.0565 e. The maximum absolute atomic E-state index is 5.78. The lowest BCUT2D eigenvalue weighted by Gasteiger charge is -2.41. The summed E-state index contributed by atoms with van der Waals surface area (Å²) in [7, 11) is 0. The summed E-state index contributed by atoms with van der Waals surface area (Å²) in [6.07, 6.45) is 7.65. The fourth-order valence-electron chi connectivity index (χ4n) is 2.95. The number of hydrogen-bond acceptors (Lipinski definition) is 2. The third kappa shape index (κ3) is 2.48. The van der Waals surface area contributed by atoms with Crippen molar-refractivity contribution in [2.45, 2.75) is 64.2 Å². The minimum absolute atomic E-state index is 0.464. The second kappa shape index (κ2) is 4.63. The molecule has 2 rings (SSSR count). The number of hydrogen-bond donors (Lipinski definition) is 0. The number of nitrogens with zero attached hydrogens (tertiary/aromatic N) is 1. The van der Waals surface area contributed by atoms with Gasteiger partial charge in [-0.15, -0.1) is 0 Å². The third-order valence-electron chi connectivity index (χ3n) is 3.58. The van der Waals surface area contributed by atoms with Crippen molar-refractivity contribution >= 4 is 0 Å². The smallest absolute Gasteiger partial charge is 0.0565 e. The Balaban J connectivity index is 1.88. The monoisotopic (exact) mass is 197 g/mol. The molecule has 2 aliphatic rings. The summed E-state index contributed by atoms with van der Waals surface area (Å²) in [4.78, 5) is 2.69. The van der Waals surface area contributed by atoms with E-state index in [4.69, 9.17) is 4.74 Å². The van der Waals surface area contributed by atoms with Crippen LogP contribution in [0.5, 0.6) is 0 Å². The molecule has 2 heterocycles. The van der Waals surface area contributed by atoms with Crippen molar-refractivity contribution in [1.82, 2.24) is 4.90 Å². The number of ether oxygens (including phenoxy) is 1. The molecular formula is C12H23NO. The first-order chi connectivity index (χ1) is 6.75. The van der Waals surface area contributed by atoms with Gasteiger partial charge in [0.25, 0.3) is 0 Å². The predicted octanol–water partition coefficient (Wildman–Crippen LogP) is 2.43. The van der Waals surface area contributed by atoms with E-state index in [1.165, 1.54) is 45.2 Å². The molecule has 0 radical (unpaired) electrons. The Kier molecular flexibility index (Phi) is 3.45. The minimum Gasteiger partial charge on any atom is -0.375 e. The van der Waals surface area contributed by atoms with Gasteiger partial charge < -0.3 is 9.64 Å². The van der Waals surface area contributed by atoms with Crippen LogP contribution in [-0.2, 0) is 4.74 Å². The molecule has 2 atom stereocenters. The highest BCUT2D eigenvalue weighted by atomic mass is 16.5. The molecule has 2 heteroatoms. The van der Waals surface area contributed by atoms with Crippen LogP contribution in [0.4, 0.5) is 0 Å². The SMILES string of the molecule is CC1CC(N2CCCCC2)CC(C)O1. The van der Waals surface area contributed by atoms with Crippen LogP contribution in [0, 0.1) is 0 Å². The lowest BCUT2D eigenvalue weighted by Crippen LogP contribution is -2.46. The highest BCUT2D eigenvalue weighted by molar-refractivity contribution is 4.82. The Morgan fingerprint density at radius 3 is 2.07 bits per heavy atom. The largest absolute Gasteiger partial charge is 0.375 e. The maximum atomic E-state index is 5.78. The van der Waals surface area contributed by atoms with E-state index in [0.717, 1.165) is 6.04 Å². The summed E-state index contributed by atoms with van der Waals surface area (Å²) in [6, 6.07) is 0.800. The van der Waals surface area contributed by atoms with Crippen molar-refractivity contribution in [1.29, 1.82) is 0 Å². The van der Waals surface area contributed by atoms with Crippen LogP contribution in [0.25, 0.3) is 0 Å². The Morgan fingerprint density at radius 2 is 1.50 bits per heavy atom. The van der Waals surface area contributed by atoms with Crippen LogP contribution in [0.1, 0.15) is 46.0 Å². The van der Waals surface area contributed by atoms with Gasteiger partial charge in [-0.25, -0.2) is 0 Å². The van der Waals surface area contributed by atoms with Gasteiger partial charge in [-0.1, -0.05) is 6.42 Å². The first-order valence-corrected chi connectivity index (χ1v) is 6.15. The van der Waals surface area contributed by atoms with E-state index >= 15 is 0 Å². The summed E-state index contributed by atoms with van der Waals surface area (Å²) in [5.41, 5.74) is 0. The topological polar surface area (TPSA) is 12.5 Å². The van der Waals surface area contributed by atoms with Crippen molar-refractivity contribution in [2.75, 3.05) is 13.1 Å². The molecule has 0 amide bonds. The second-order valence-electron chi connectivity index (χ2n) is 4.98. The first kappa shape index (κ1) is 10.4. The van der Waals surface area contributed by atoms with Crippen LogP contribution in [0.2, 0.25) is 0 Å². The van der Waals surface area contributed by atoms with Crippen molar-refractivity contribution < 1.29 is 4.74 Å². The van der Waals surface area contributed by atoms with Gasteiger partial charge in [0.15, 0.2) is 0 Å². The van der Waals surface area contributed by atoms with Crippen molar-refractivity contribution in [2.24, 2.45) is 0 Å². The molecule has 2 fully saturated rings. The van der Waals surface area contributed by atoms with Gasteiger partial charge >= 0.3 is 0 Å². The molecular weight excluding hydrogens is 174 g/mol. The van der Waals surface area contributed by atoms with E-state index in [9.17, 15) is 0 Å². The van der Waals surface area contributed by atoms with Crippen molar-refractivity contribution in [3.05, 3.63) is 0 Å². The Hall–Kier alpha value is -0.0800. The van der Waals surface area contributed by atoms with E-state index < -0.39 is 0 Å². The molecule has 2 unspecified atom stereocenters. The highest BCUT2D eigenvalue weighted by Crippen LogP contribution is 2.25. The van der Waals surface area contributed by atoms with Crippen molar-refractivity contribution in [3.8, 4) is 0 Å². The molecule has 2 aliphatic heterocycles. The fraction of sp³-hybridized carbons (Fsp3) is 1.00. The molecule has 2 nitrogen and oxygen atoms in total. The van der Waals surface area contributed by atoms with Gasteiger partial charge in [-0.05, 0) is 52.6 Å². The fourth-order valence-corrected chi connectivity index (χ4v) is 2.95. The van der Waals surface area contributed by atoms with E-state index in [-0.39, 0.29) is 0 Å². The van der Waals surface area contributed by atoms with Gasteiger partial charge in [0, 0.05) is 6.04 Å². The van der Waals surface area contributed by atoms with Crippen LogP contribution >= 0.6 is 0 Å². The van der Waals surface area contributed by atoms with Crippen LogP contribution < -0.4 is 0 Å². The van der Waals surface area contributed by atoms with Crippen LogP contribution in [0.15, 0.2) is 0 Å². The number of piperidine rings is 1. The molecule has 14 heavy (non-hydrogen) atoms. The summed E-state index contributed by atoms with van der Waals surface area (Å²) in [6.45, 7) is 7.08. The van der Waals surface area contributed by atoms with Crippen molar-refractivity contribution in [3.63, 3.8) is 0 Å². The standard InChI is InChI=1S/C12H23NO/c1-10-8-12(9-11(2)14-10)13-6-4-3-5-7-13/h10-12H,3-9H2,1-2H3. The van der Waals surface area contributed by atoms with Gasteiger partial charge in [0.2, 0.25) is 0 Å². The average molecular weight is 197 g/mol. The zero-order valence-corrected chi connectivity index (χ0v) is 9.54. The Bertz CT molecular complexity index is 167. The predicted molar refractivity (Wildman–Crippen MR) is 58.5 cm³/mol.